The van der Waals surface area contributed by atoms with Crippen molar-refractivity contribution in [3.05, 3.63) is 107 Å². The van der Waals surface area contributed by atoms with E-state index < -0.39 is 0 Å². The van der Waals surface area contributed by atoms with E-state index in [-0.39, 0.29) is 24.3 Å². The summed E-state index contributed by atoms with van der Waals surface area (Å²) >= 11 is 5.88. The first kappa shape index (κ1) is 24.7. The monoisotopic (exact) mass is 488 g/mol. The first-order valence-corrected chi connectivity index (χ1v) is 12.2. The Kier molecular flexibility index (Phi) is 8.71. The largest absolute Gasteiger partial charge is 0.484 e. The third-order valence-electron chi connectivity index (χ3n) is 6.01. The topological polar surface area (TPSA) is 58.6 Å². The van der Waals surface area contributed by atoms with E-state index in [1.54, 1.807) is 42.5 Å². The van der Waals surface area contributed by atoms with Gasteiger partial charge in [0.05, 0.1) is 0 Å². The number of nitrogens with zero attached hydrogens (tertiary/aromatic N) is 1. The van der Waals surface area contributed by atoms with E-state index in [9.17, 15) is 9.59 Å². The van der Waals surface area contributed by atoms with E-state index in [4.69, 9.17) is 16.3 Å². The molecule has 0 aromatic heterocycles. The van der Waals surface area contributed by atoms with Gasteiger partial charge in [0.15, 0.2) is 12.4 Å². The van der Waals surface area contributed by atoms with Crippen LogP contribution >= 0.6 is 11.6 Å². The van der Waals surface area contributed by atoms with E-state index in [0.717, 1.165) is 38.0 Å². The average molecular weight is 489 g/mol. The van der Waals surface area contributed by atoms with Gasteiger partial charge in [-0.3, -0.25) is 14.5 Å². The zero-order valence-corrected chi connectivity index (χ0v) is 20.3. The SMILES string of the molecule is O=C(COc1ccc(C(=O)/C=C/c2ccc(Cl)cc2)cc1)NC1CCN(Cc2ccccc2)CC1. The molecular formula is C29H29ClN2O3. The summed E-state index contributed by atoms with van der Waals surface area (Å²) in [7, 11) is 0. The summed E-state index contributed by atoms with van der Waals surface area (Å²) in [5.74, 6) is 0.316. The minimum absolute atomic E-state index is 0.0476. The van der Waals surface area contributed by atoms with Gasteiger partial charge >= 0.3 is 0 Å². The van der Waals surface area contributed by atoms with Crippen molar-refractivity contribution in [1.29, 1.82) is 0 Å². The number of carbonyl (C=O) groups excluding carboxylic acids is 2. The number of allylic oxidation sites excluding steroid dienone is 1. The highest BCUT2D eigenvalue weighted by molar-refractivity contribution is 6.30. The molecule has 180 valence electrons. The van der Waals surface area contributed by atoms with Crippen LogP contribution in [0.25, 0.3) is 6.08 Å². The lowest BCUT2D eigenvalue weighted by Crippen LogP contribution is -2.45. The molecule has 1 saturated heterocycles. The molecular weight excluding hydrogens is 460 g/mol. The summed E-state index contributed by atoms with van der Waals surface area (Å²) in [5.41, 5.74) is 2.76. The number of hydrogen-bond donors (Lipinski definition) is 1. The number of halogens is 1. The normalized spacial score (nSPS) is 14.7. The van der Waals surface area contributed by atoms with Gasteiger partial charge in [-0.2, -0.15) is 0 Å². The molecule has 3 aromatic rings. The van der Waals surface area contributed by atoms with Crippen LogP contribution in [-0.4, -0.2) is 42.3 Å². The Bertz CT molecular complexity index is 1140. The molecule has 0 unspecified atom stereocenters. The van der Waals surface area contributed by atoms with Crippen LogP contribution in [0.3, 0.4) is 0 Å². The quantitative estimate of drug-likeness (QED) is 0.324. The molecule has 35 heavy (non-hydrogen) atoms. The number of amides is 1. The van der Waals surface area contributed by atoms with Gasteiger partial charge in [-0.15, -0.1) is 0 Å². The second-order valence-corrected chi connectivity index (χ2v) is 9.10. The number of rotatable bonds is 9. The lowest BCUT2D eigenvalue weighted by Gasteiger charge is -2.32. The maximum absolute atomic E-state index is 12.4. The van der Waals surface area contributed by atoms with Crippen molar-refractivity contribution in [1.82, 2.24) is 10.2 Å². The van der Waals surface area contributed by atoms with E-state index >= 15 is 0 Å². The second kappa shape index (κ2) is 12.3. The van der Waals surface area contributed by atoms with Gasteiger partial charge in [0, 0.05) is 36.3 Å². The maximum atomic E-state index is 12.4. The van der Waals surface area contributed by atoms with Crippen molar-refractivity contribution in [3.8, 4) is 5.75 Å². The van der Waals surface area contributed by atoms with Crippen LogP contribution < -0.4 is 10.1 Å². The summed E-state index contributed by atoms with van der Waals surface area (Å²) in [6.45, 7) is 2.82. The summed E-state index contributed by atoms with van der Waals surface area (Å²) in [5, 5.41) is 3.73. The van der Waals surface area contributed by atoms with Crippen molar-refractivity contribution < 1.29 is 14.3 Å². The Morgan fingerprint density at radius 3 is 2.31 bits per heavy atom. The third-order valence-corrected chi connectivity index (χ3v) is 6.26. The van der Waals surface area contributed by atoms with Crippen LogP contribution in [0.4, 0.5) is 0 Å². The van der Waals surface area contributed by atoms with Crippen molar-refractivity contribution in [2.24, 2.45) is 0 Å². The molecule has 5 nitrogen and oxygen atoms in total. The lowest BCUT2D eigenvalue weighted by atomic mass is 10.0. The first-order chi connectivity index (χ1) is 17.0. The Morgan fingerprint density at radius 2 is 1.63 bits per heavy atom. The number of piperidine rings is 1. The molecule has 6 heteroatoms. The molecule has 0 saturated carbocycles. The van der Waals surface area contributed by atoms with Crippen LogP contribution in [0.1, 0.15) is 34.3 Å². The predicted octanol–water partition coefficient (Wildman–Crippen LogP) is 5.40. The molecule has 1 fully saturated rings. The first-order valence-electron chi connectivity index (χ1n) is 11.8. The molecule has 0 aliphatic carbocycles. The van der Waals surface area contributed by atoms with Gasteiger partial charge in [0.2, 0.25) is 0 Å². The highest BCUT2D eigenvalue weighted by Crippen LogP contribution is 2.16. The predicted molar refractivity (Wildman–Crippen MR) is 140 cm³/mol. The summed E-state index contributed by atoms with van der Waals surface area (Å²) in [6.07, 6.45) is 5.13. The van der Waals surface area contributed by atoms with Gasteiger partial charge in [0.25, 0.3) is 5.91 Å². The Labute approximate surface area is 211 Å². The molecule has 1 aliphatic rings. The molecule has 4 rings (SSSR count). The fourth-order valence-corrected chi connectivity index (χ4v) is 4.18. The van der Waals surface area contributed by atoms with Gasteiger partial charge in [-0.1, -0.05) is 60.1 Å². The summed E-state index contributed by atoms with van der Waals surface area (Å²) in [6, 6.07) is 24.7. The Hall–Kier alpha value is -3.41. The molecule has 0 atom stereocenters. The third kappa shape index (κ3) is 7.81. The lowest BCUT2D eigenvalue weighted by molar-refractivity contribution is -0.124. The van der Waals surface area contributed by atoms with Crippen LogP contribution in [0.5, 0.6) is 5.75 Å². The maximum Gasteiger partial charge on any atom is 0.258 e. The number of ether oxygens (including phenoxy) is 1. The number of hydrogen-bond acceptors (Lipinski definition) is 4. The van der Waals surface area contributed by atoms with Crippen molar-refractivity contribution >= 4 is 29.4 Å². The zero-order chi connectivity index (χ0) is 24.5. The highest BCUT2D eigenvalue weighted by Gasteiger charge is 2.20. The molecule has 0 spiro atoms. The fourth-order valence-electron chi connectivity index (χ4n) is 4.05. The zero-order valence-electron chi connectivity index (χ0n) is 19.5. The summed E-state index contributed by atoms with van der Waals surface area (Å²) < 4.78 is 5.62. The van der Waals surface area contributed by atoms with Gasteiger partial charge in [-0.25, -0.2) is 0 Å². The van der Waals surface area contributed by atoms with Gasteiger partial charge < -0.3 is 10.1 Å². The standard InChI is InChI=1S/C29H29ClN2O3/c30-25-11-6-22(7-12-25)8-15-28(33)24-9-13-27(14-10-24)35-21-29(34)31-26-16-18-32(19-17-26)20-23-4-2-1-3-5-23/h1-15,26H,16-21H2,(H,31,34)/b15-8+. The van der Waals surface area contributed by atoms with Crippen molar-refractivity contribution in [2.45, 2.75) is 25.4 Å². The number of nitrogens with one attached hydrogen (secondary N) is 1. The van der Waals surface area contributed by atoms with Crippen LogP contribution in [0, 0.1) is 0 Å². The number of likely N-dealkylation sites (tertiary alicyclic amines) is 1. The second-order valence-electron chi connectivity index (χ2n) is 8.67. The molecule has 1 N–H and O–H groups in total. The van der Waals surface area contributed by atoms with E-state index in [0.29, 0.717) is 16.3 Å². The van der Waals surface area contributed by atoms with Gasteiger partial charge in [-0.05, 0) is 66.4 Å². The highest BCUT2D eigenvalue weighted by atomic mass is 35.5. The van der Waals surface area contributed by atoms with Crippen LogP contribution in [0.2, 0.25) is 5.02 Å². The Balaban J connectivity index is 1.17. The van der Waals surface area contributed by atoms with Crippen LogP contribution in [-0.2, 0) is 11.3 Å². The van der Waals surface area contributed by atoms with E-state index in [1.807, 2.05) is 18.2 Å². The van der Waals surface area contributed by atoms with Crippen molar-refractivity contribution in [2.75, 3.05) is 19.7 Å². The molecule has 0 radical (unpaired) electrons. The van der Waals surface area contributed by atoms with Crippen molar-refractivity contribution in [3.63, 3.8) is 0 Å². The Morgan fingerprint density at radius 1 is 0.943 bits per heavy atom. The number of carbonyl (C=O) groups is 2. The number of ketones is 1. The number of benzene rings is 3. The molecule has 0 bridgehead atoms. The van der Waals surface area contributed by atoms with Gasteiger partial charge in [0.1, 0.15) is 5.75 Å². The molecule has 1 heterocycles. The minimum atomic E-state index is -0.127. The average Bonchev–Trinajstić information content (AvgIpc) is 2.89. The molecule has 1 aliphatic heterocycles. The van der Waals surface area contributed by atoms with E-state index in [1.165, 1.54) is 11.6 Å². The smallest absolute Gasteiger partial charge is 0.258 e. The fraction of sp³-hybridized carbons (Fsp3) is 0.241. The van der Waals surface area contributed by atoms with E-state index in [2.05, 4.69) is 34.5 Å². The molecule has 3 aromatic carbocycles. The molecule has 1 amide bonds. The van der Waals surface area contributed by atoms with Crippen LogP contribution in [0.15, 0.2) is 84.9 Å². The minimum Gasteiger partial charge on any atom is -0.484 e. The summed E-state index contributed by atoms with van der Waals surface area (Å²) in [4.78, 5) is 27.2.